The molecule has 1 atom stereocenters. The van der Waals surface area contributed by atoms with Crippen LogP contribution in [0, 0.1) is 5.92 Å². The summed E-state index contributed by atoms with van der Waals surface area (Å²) in [4.78, 5) is 2.58. The maximum Gasteiger partial charge on any atom is 0.161 e. The SMILES string of the molecule is CCOc1cc(CC(C(C)C)N2CCNCC2)ccc1O. The fraction of sp³-hybridized carbons (Fsp3) is 0.647. The molecule has 1 aliphatic rings. The number of nitrogens with zero attached hydrogens (tertiary/aromatic N) is 1. The van der Waals surface area contributed by atoms with E-state index in [4.69, 9.17) is 4.74 Å². The van der Waals surface area contributed by atoms with Crippen molar-refractivity contribution < 1.29 is 9.84 Å². The lowest BCUT2D eigenvalue weighted by Gasteiger charge is -2.37. The van der Waals surface area contributed by atoms with Crippen LogP contribution in [0.4, 0.5) is 0 Å². The molecule has 1 saturated heterocycles. The van der Waals surface area contributed by atoms with Crippen LogP contribution in [0.1, 0.15) is 26.3 Å². The second kappa shape index (κ2) is 7.66. The summed E-state index contributed by atoms with van der Waals surface area (Å²) in [5.41, 5.74) is 1.23. The first-order valence-corrected chi connectivity index (χ1v) is 8.01. The summed E-state index contributed by atoms with van der Waals surface area (Å²) in [5, 5.41) is 13.2. The third-order valence-electron chi connectivity index (χ3n) is 4.16. The maximum absolute atomic E-state index is 9.81. The molecule has 1 heterocycles. The van der Waals surface area contributed by atoms with Crippen LogP contribution in [-0.2, 0) is 6.42 Å². The molecule has 0 bridgehead atoms. The minimum atomic E-state index is 0.226. The Bertz CT molecular complexity index is 442. The molecule has 1 aromatic carbocycles. The zero-order valence-corrected chi connectivity index (χ0v) is 13.4. The Morgan fingerprint density at radius 2 is 2.00 bits per heavy atom. The molecule has 21 heavy (non-hydrogen) atoms. The standard InChI is InChI=1S/C17H28N2O2/c1-4-21-17-12-14(5-6-16(17)20)11-15(13(2)3)19-9-7-18-8-10-19/h5-6,12-13,15,18,20H,4,7-11H2,1-3H3. The number of ether oxygens (including phenoxy) is 1. The van der Waals surface area contributed by atoms with Crippen LogP contribution < -0.4 is 10.1 Å². The number of phenolic OH excluding ortho intramolecular Hbond substituents is 1. The second-order valence-corrected chi connectivity index (χ2v) is 6.04. The molecule has 0 aromatic heterocycles. The van der Waals surface area contributed by atoms with Crippen molar-refractivity contribution in [2.45, 2.75) is 33.2 Å². The molecule has 2 N–H and O–H groups in total. The summed E-state index contributed by atoms with van der Waals surface area (Å²) < 4.78 is 5.49. The number of piperazine rings is 1. The number of nitrogens with one attached hydrogen (secondary N) is 1. The Kier molecular flexibility index (Phi) is 5.88. The summed E-state index contributed by atoms with van der Waals surface area (Å²) in [7, 11) is 0. The Morgan fingerprint density at radius 3 is 2.62 bits per heavy atom. The van der Waals surface area contributed by atoms with Gasteiger partial charge in [0, 0.05) is 32.2 Å². The number of hydrogen-bond donors (Lipinski definition) is 2. The van der Waals surface area contributed by atoms with Crippen molar-refractivity contribution in [3.05, 3.63) is 23.8 Å². The van der Waals surface area contributed by atoms with E-state index in [-0.39, 0.29) is 5.75 Å². The van der Waals surface area contributed by atoms with Crippen molar-refractivity contribution in [1.82, 2.24) is 10.2 Å². The van der Waals surface area contributed by atoms with Crippen molar-refractivity contribution in [3.8, 4) is 11.5 Å². The van der Waals surface area contributed by atoms with Crippen molar-refractivity contribution in [2.75, 3.05) is 32.8 Å². The summed E-state index contributed by atoms with van der Waals surface area (Å²) in [6.07, 6.45) is 0.998. The maximum atomic E-state index is 9.81. The predicted molar refractivity (Wildman–Crippen MR) is 86.0 cm³/mol. The van der Waals surface area contributed by atoms with E-state index in [9.17, 15) is 5.11 Å². The highest BCUT2D eigenvalue weighted by atomic mass is 16.5. The van der Waals surface area contributed by atoms with Gasteiger partial charge in [0.1, 0.15) is 0 Å². The van der Waals surface area contributed by atoms with Crippen LogP contribution in [0.25, 0.3) is 0 Å². The van der Waals surface area contributed by atoms with E-state index < -0.39 is 0 Å². The Hall–Kier alpha value is -1.26. The lowest BCUT2D eigenvalue weighted by atomic mass is 9.94. The van der Waals surface area contributed by atoms with E-state index >= 15 is 0 Å². The fourth-order valence-electron chi connectivity index (χ4n) is 3.00. The van der Waals surface area contributed by atoms with Gasteiger partial charge in [0.2, 0.25) is 0 Å². The van der Waals surface area contributed by atoms with Gasteiger partial charge in [0.15, 0.2) is 11.5 Å². The van der Waals surface area contributed by atoms with E-state index in [1.54, 1.807) is 6.07 Å². The topological polar surface area (TPSA) is 44.7 Å². The van der Waals surface area contributed by atoms with E-state index in [0.717, 1.165) is 32.6 Å². The van der Waals surface area contributed by atoms with Gasteiger partial charge >= 0.3 is 0 Å². The van der Waals surface area contributed by atoms with Crippen molar-refractivity contribution in [1.29, 1.82) is 0 Å². The molecule has 0 amide bonds. The number of rotatable bonds is 6. The summed E-state index contributed by atoms with van der Waals surface area (Å²) in [6.45, 7) is 11.4. The van der Waals surface area contributed by atoms with Gasteiger partial charge < -0.3 is 15.2 Å². The number of benzene rings is 1. The minimum Gasteiger partial charge on any atom is -0.504 e. The molecule has 1 unspecified atom stereocenters. The molecule has 4 heteroatoms. The molecule has 4 nitrogen and oxygen atoms in total. The first-order valence-electron chi connectivity index (χ1n) is 8.01. The molecular weight excluding hydrogens is 264 g/mol. The first kappa shape index (κ1) is 16.1. The van der Waals surface area contributed by atoms with Gasteiger partial charge in [-0.15, -0.1) is 0 Å². The predicted octanol–water partition coefficient (Wildman–Crippen LogP) is 2.26. The van der Waals surface area contributed by atoms with Crippen molar-refractivity contribution in [2.24, 2.45) is 5.92 Å². The Labute approximate surface area is 128 Å². The van der Waals surface area contributed by atoms with Gasteiger partial charge in [-0.2, -0.15) is 0 Å². The highest BCUT2D eigenvalue weighted by Crippen LogP contribution is 2.28. The van der Waals surface area contributed by atoms with Gasteiger partial charge in [0.25, 0.3) is 0 Å². The molecule has 0 spiro atoms. The quantitative estimate of drug-likeness (QED) is 0.844. The van der Waals surface area contributed by atoms with Gasteiger partial charge in [-0.05, 0) is 37.0 Å². The Balaban J connectivity index is 2.10. The summed E-state index contributed by atoms with van der Waals surface area (Å²) in [6, 6.07) is 6.27. The minimum absolute atomic E-state index is 0.226. The molecule has 0 saturated carbocycles. The van der Waals surface area contributed by atoms with E-state index in [1.165, 1.54) is 5.56 Å². The van der Waals surface area contributed by atoms with Crippen LogP contribution in [0.2, 0.25) is 0 Å². The van der Waals surface area contributed by atoms with Gasteiger partial charge in [-0.3, -0.25) is 4.90 Å². The molecule has 1 aliphatic heterocycles. The van der Waals surface area contributed by atoms with Crippen LogP contribution in [0.5, 0.6) is 11.5 Å². The normalized spacial score (nSPS) is 17.9. The smallest absolute Gasteiger partial charge is 0.161 e. The van der Waals surface area contributed by atoms with E-state index in [0.29, 0.717) is 24.3 Å². The largest absolute Gasteiger partial charge is 0.504 e. The van der Waals surface area contributed by atoms with Crippen molar-refractivity contribution >= 4 is 0 Å². The van der Waals surface area contributed by atoms with E-state index in [1.807, 2.05) is 19.1 Å². The number of hydrogen-bond acceptors (Lipinski definition) is 4. The lowest BCUT2D eigenvalue weighted by Crippen LogP contribution is -2.50. The monoisotopic (exact) mass is 292 g/mol. The van der Waals surface area contributed by atoms with Crippen LogP contribution >= 0.6 is 0 Å². The molecule has 0 radical (unpaired) electrons. The van der Waals surface area contributed by atoms with Gasteiger partial charge in [0.05, 0.1) is 6.61 Å². The average Bonchev–Trinajstić information content (AvgIpc) is 2.48. The third kappa shape index (κ3) is 4.35. The highest BCUT2D eigenvalue weighted by molar-refractivity contribution is 5.42. The van der Waals surface area contributed by atoms with Crippen LogP contribution in [0.15, 0.2) is 18.2 Å². The zero-order valence-electron chi connectivity index (χ0n) is 13.4. The number of aromatic hydroxyl groups is 1. The molecule has 0 aliphatic carbocycles. The van der Waals surface area contributed by atoms with Gasteiger partial charge in [-0.25, -0.2) is 0 Å². The lowest BCUT2D eigenvalue weighted by molar-refractivity contribution is 0.136. The zero-order chi connectivity index (χ0) is 15.2. The molecule has 1 fully saturated rings. The number of phenols is 1. The fourth-order valence-corrected chi connectivity index (χ4v) is 3.00. The summed E-state index contributed by atoms with van der Waals surface area (Å²) in [5.74, 6) is 1.43. The van der Waals surface area contributed by atoms with Gasteiger partial charge in [-0.1, -0.05) is 19.9 Å². The molecule has 1 aromatic rings. The van der Waals surface area contributed by atoms with Crippen LogP contribution in [0.3, 0.4) is 0 Å². The molecule has 118 valence electrons. The van der Waals surface area contributed by atoms with Crippen molar-refractivity contribution in [3.63, 3.8) is 0 Å². The highest BCUT2D eigenvalue weighted by Gasteiger charge is 2.23. The third-order valence-corrected chi connectivity index (χ3v) is 4.16. The Morgan fingerprint density at radius 1 is 1.29 bits per heavy atom. The summed E-state index contributed by atoms with van der Waals surface area (Å²) >= 11 is 0. The molecule has 2 rings (SSSR count). The van der Waals surface area contributed by atoms with E-state index in [2.05, 4.69) is 24.1 Å². The average molecular weight is 292 g/mol. The van der Waals surface area contributed by atoms with Crippen LogP contribution in [-0.4, -0.2) is 48.8 Å². The first-order chi connectivity index (χ1) is 10.1. The second-order valence-electron chi connectivity index (χ2n) is 6.04. The molecular formula is C17H28N2O2.